The molecule has 2 rings (SSSR count). The molecule has 1 aliphatic heterocycles. The molecule has 4 heteroatoms. The van der Waals surface area contributed by atoms with E-state index < -0.39 is 0 Å². The molecule has 88 valence electrons. The third-order valence-corrected chi connectivity index (χ3v) is 2.67. The first-order valence-electron chi connectivity index (χ1n) is 5.41. The highest BCUT2D eigenvalue weighted by Crippen LogP contribution is 2.23. The average molecular weight is 223 g/mol. The summed E-state index contributed by atoms with van der Waals surface area (Å²) >= 11 is 0. The lowest BCUT2D eigenvalue weighted by atomic mass is 10.2. The minimum Gasteiger partial charge on any atom is -0.496 e. The molecule has 0 bridgehead atoms. The van der Waals surface area contributed by atoms with E-state index >= 15 is 0 Å². The fourth-order valence-electron chi connectivity index (χ4n) is 1.73. The SMILES string of the molecule is COc1cc(N)ccc1COC1CCOC1. The maximum atomic E-state index is 5.73. The summed E-state index contributed by atoms with van der Waals surface area (Å²) in [5.41, 5.74) is 7.40. The summed E-state index contributed by atoms with van der Waals surface area (Å²) in [4.78, 5) is 0. The number of rotatable bonds is 4. The predicted molar refractivity (Wildman–Crippen MR) is 61.4 cm³/mol. The number of ether oxygens (including phenoxy) is 3. The van der Waals surface area contributed by atoms with Gasteiger partial charge in [0.1, 0.15) is 5.75 Å². The fraction of sp³-hybridized carbons (Fsp3) is 0.500. The van der Waals surface area contributed by atoms with Crippen molar-refractivity contribution in [2.45, 2.75) is 19.1 Å². The third-order valence-electron chi connectivity index (χ3n) is 2.67. The van der Waals surface area contributed by atoms with Gasteiger partial charge in [-0.1, -0.05) is 6.07 Å². The van der Waals surface area contributed by atoms with E-state index in [1.54, 1.807) is 7.11 Å². The van der Waals surface area contributed by atoms with Crippen molar-refractivity contribution in [1.82, 2.24) is 0 Å². The van der Waals surface area contributed by atoms with Crippen molar-refractivity contribution in [3.05, 3.63) is 23.8 Å². The molecule has 1 saturated heterocycles. The zero-order valence-corrected chi connectivity index (χ0v) is 9.44. The van der Waals surface area contributed by atoms with Gasteiger partial charge in [0.25, 0.3) is 0 Å². The number of benzene rings is 1. The lowest BCUT2D eigenvalue weighted by molar-refractivity contribution is 0.0309. The molecule has 0 radical (unpaired) electrons. The van der Waals surface area contributed by atoms with E-state index in [0.717, 1.165) is 24.3 Å². The number of nitrogens with two attached hydrogens (primary N) is 1. The topological polar surface area (TPSA) is 53.7 Å². The van der Waals surface area contributed by atoms with Crippen LogP contribution in [0.3, 0.4) is 0 Å². The summed E-state index contributed by atoms with van der Waals surface area (Å²) in [6.45, 7) is 2.03. The Morgan fingerprint density at radius 2 is 2.38 bits per heavy atom. The Hall–Kier alpha value is -1.26. The monoisotopic (exact) mass is 223 g/mol. The molecular weight excluding hydrogens is 206 g/mol. The molecule has 16 heavy (non-hydrogen) atoms. The highest BCUT2D eigenvalue weighted by Gasteiger charge is 2.16. The quantitative estimate of drug-likeness (QED) is 0.787. The number of hydrogen-bond acceptors (Lipinski definition) is 4. The normalized spacial score (nSPS) is 19.9. The van der Waals surface area contributed by atoms with Gasteiger partial charge in [0.05, 0.1) is 26.4 Å². The van der Waals surface area contributed by atoms with Crippen molar-refractivity contribution in [3.63, 3.8) is 0 Å². The van der Waals surface area contributed by atoms with Gasteiger partial charge in [0.2, 0.25) is 0 Å². The van der Waals surface area contributed by atoms with Crippen molar-refractivity contribution in [1.29, 1.82) is 0 Å². The van der Waals surface area contributed by atoms with E-state index in [9.17, 15) is 0 Å². The molecule has 0 saturated carbocycles. The van der Waals surface area contributed by atoms with Crippen LogP contribution in [0.2, 0.25) is 0 Å². The second-order valence-electron chi connectivity index (χ2n) is 3.87. The van der Waals surface area contributed by atoms with Gasteiger partial charge in [-0.3, -0.25) is 0 Å². The fourth-order valence-corrected chi connectivity index (χ4v) is 1.73. The summed E-state index contributed by atoms with van der Waals surface area (Å²) in [7, 11) is 1.64. The standard InChI is InChI=1S/C12H17NO3/c1-14-12-6-10(13)3-2-9(12)7-16-11-4-5-15-8-11/h2-3,6,11H,4-5,7-8,13H2,1H3. The lowest BCUT2D eigenvalue weighted by Crippen LogP contribution is -2.12. The van der Waals surface area contributed by atoms with Gasteiger partial charge in [-0.25, -0.2) is 0 Å². The highest BCUT2D eigenvalue weighted by atomic mass is 16.5. The van der Waals surface area contributed by atoms with Crippen LogP contribution in [-0.4, -0.2) is 26.4 Å². The second-order valence-corrected chi connectivity index (χ2v) is 3.87. The van der Waals surface area contributed by atoms with Crippen LogP contribution < -0.4 is 10.5 Å². The minimum atomic E-state index is 0.210. The first-order chi connectivity index (χ1) is 7.79. The summed E-state index contributed by atoms with van der Waals surface area (Å²) in [5, 5.41) is 0. The maximum Gasteiger partial charge on any atom is 0.126 e. The van der Waals surface area contributed by atoms with E-state index in [2.05, 4.69) is 0 Å². The molecule has 1 fully saturated rings. The molecule has 4 nitrogen and oxygen atoms in total. The number of nitrogen functional groups attached to an aromatic ring is 1. The average Bonchev–Trinajstić information content (AvgIpc) is 2.80. The Balaban J connectivity index is 1.97. The Bertz CT molecular complexity index is 348. The molecule has 0 aromatic heterocycles. The summed E-state index contributed by atoms with van der Waals surface area (Å²) in [6.07, 6.45) is 1.18. The van der Waals surface area contributed by atoms with Gasteiger partial charge in [-0.2, -0.15) is 0 Å². The summed E-state index contributed by atoms with van der Waals surface area (Å²) in [6, 6.07) is 5.60. The second kappa shape index (κ2) is 5.18. The Morgan fingerprint density at radius 3 is 3.06 bits per heavy atom. The largest absolute Gasteiger partial charge is 0.496 e. The summed E-state index contributed by atoms with van der Waals surface area (Å²) < 4.78 is 16.2. The Morgan fingerprint density at radius 1 is 1.50 bits per heavy atom. The van der Waals surface area contributed by atoms with Gasteiger partial charge in [-0.15, -0.1) is 0 Å². The van der Waals surface area contributed by atoms with Gasteiger partial charge < -0.3 is 19.9 Å². The van der Waals surface area contributed by atoms with Crippen LogP contribution in [0.5, 0.6) is 5.75 Å². The molecule has 1 aliphatic rings. The molecule has 1 heterocycles. The van der Waals surface area contributed by atoms with Gasteiger partial charge in [-0.05, 0) is 12.5 Å². The van der Waals surface area contributed by atoms with Crippen LogP contribution in [0.1, 0.15) is 12.0 Å². The van der Waals surface area contributed by atoms with E-state index in [-0.39, 0.29) is 6.10 Å². The lowest BCUT2D eigenvalue weighted by Gasteiger charge is -2.12. The van der Waals surface area contributed by atoms with E-state index in [1.807, 2.05) is 18.2 Å². The smallest absolute Gasteiger partial charge is 0.126 e. The van der Waals surface area contributed by atoms with E-state index in [4.69, 9.17) is 19.9 Å². The number of methoxy groups -OCH3 is 1. The predicted octanol–water partition coefficient (Wildman–Crippen LogP) is 1.58. The number of anilines is 1. The zero-order valence-electron chi connectivity index (χ0n) is 9.44. The molecule has 1 aromatic rings. The molecule has 1 unspecified atom stereocenters. The molecule has 2 N–H and O–H groups in total. The van der Waals surface area contributed by atoms with E-state index in [0.29, 0.717) is 18.9 Å². The molecule has 1 aromatic carbocycles. The third kappa shape index (κ3) is 2.65. The first-order valence-corrected chi connectivity index (χ1v) is 5.41. The molecule has 0 aliphatic carbocycles. The van der Waals surface area contributed by atoms with Crippen LogP contribution in [0.4, 0.5) is 5.69 Å². The highest BCUT2D eigenvalue weighted by molar-refractivity contribution is 5.48. The maximum absolute atomic E-state index is 5.73. The van der Waals surface area contributed by atoms with Crippen LogP contribution in [0.15, 0.2) is 18.2 Å². The van der Waals surface area contributed by atoms with Crippen molar-refractivity contribution in [2.24, 2.45) is 0 Å². The van der Waals surface area contributed by atoms with Crippen LogP contribution >= 0.6 is 0 Å². The van der Waals surface area contributed by atoms with Crippen molar-refractivity contribution >= 4 is 5.69 Å². The summed E-state index contributed by atoms with van der Waals surface area (Å²) in [5.74, 6) is 0.777. The van der Waals surface area contributed by atoms with Crippen molar-refractivity contribution in [3.8, 4) is 5.75 Å². The number of hydrogen-bond donors (Lipinski definition) is 1. The Kier molecular flexibility index (Phi) is 3.64. The molecular formula is C12H17NO3. The molecule has 1 atom stereocenters. The van der Waals surface area contributed by atoms with Gasteiger partial charge >= 0.3 is 0 Å². The zero-order chi connectivity index (χ0) is 11.4. The van der Waals surface area contributed by atoms with Crippen LogP contribution in [0, 0.1) is 0 Å². The van der Waals surface area contributed by atoms with Crippen LogP contribution in [0.25, 0.3) is 0 Å². The van der Waals surface area contributed by atoms with Gasteiger partial charge in [0.15, 0.2) is 0 Å². The van der Waals surface area contributed by atoms with Crippen molar-refractivity contribution in [2.75, 3.05) is 26.1 Å². The van der Waals surface area contributed by atoms with Crippen molar-refractivity contribution < 1.29 is 14.2 Å². The first kappa shape index (κ1) is 11.2. The van der Waals surface area contributed by atoms with Crippen LogP contribution in [-0.2, 0) is 16.1 Å². The minimum absolute atomic E-state index is 0.210. The molecule has 0 amide bonds. The molecule has 0 spiro atoms. The Labute approximate surface area is 95.3 Å². The van der Waals surface area contributed by atoms with E-state index in [1.165, 1.54) is 0 Å². The van der Waals surface area contributed by atoms with Gasteiger partial charge in [0, 0.05) is 23.9 Å².